The van der Waals surface area contributed by atoms with Crippen molar-refractivity contribution in [2.24, 2.45) is 11.3 Å². The molecule has 1 aliphatic heterocycles. The van der Waals surface area contributed by atoms with Gasteiger partial charge in [0.2, 0.25) is 0 Å². The minimum Gasteiger partial charge on any atom is -0.481 e. The van der Waals surface area contributed by atoms with E-state index in [0.29, 0.717) is 6.54 Å². The lowest BCUT2D eigenvalue weighted by Crippen LogP contribution is -2.60. The van der Waals surface area contributed by atoms with E-state index in [4.69, 9.17) is 0 Å². The lowest BCUT2D eigenvalue weighted by atomic mass is 9.42. The second kappa shape index (κ2) is 7.05. The third kappa shape index (κ3) is 2.49. The number of aliphatic carboxylic acids is 1. The summed E-state index contributed by atoms with van der Waals surface area (Å²) in [4.78, 5) is 15.6. The highest BCUT2D eigenvalue weighted by atomic mass is 16.4. The minimum absolute atomic E-state index is 0.0611. The molecule has 3 aromatic rings. The lowest BCUT2D eigenvalue weighted by Gasteiger charge is -2.59. The van der Waals surface area contributed by atoms with E-state index in [0.717, 1.165) is 25.9 Å². The molecule has 7 rings (SSSR count). The number of likely N-dealkylation sites (tertiary alicyclic amines) is 1. The van der Waals surface area contributed by atoms with Crippen molar-refractivity contribution in [3.8, 4) is 0 Å². The Hall–Kier alpha value is -2.91. The molecule has 4 unspecified atom stereocenters. The highest BCUT2D eigenvalue weighted by Gasteiger charge is 2.70. The molecule has 2 fully saturated rings. The summed E-state index contributed by atoms with van der Waals surface area (Å²) in [5.41, 5.74) is 5.48. The Morgan fingerprint density at radius 2 is 1.66 bits per heavy atom. The summed E-state index contributed by atoms with van der Waals surface area (Å²) < 4.78 is 0. The number of hydrogen-bond donors (Lipinski definition) is 1. The van der Waals surface area contributed by atoms with E-state index < -0.39 is 11.4 Å². The normalized spacial score (nSPS) is 30.7. The van der Waals surface area contributed by atoms with Crippen LogP contribution in [0.2, 0.25) is 0 Å². The van der Waals surface area contributed by atoms with Crippen LogP contribution in [0.3, 0.4) is 0 Å². The summed E-state index contributed by atoms with van der Waals surface area (Å²) >= 11 is 0. The Morgan fingerprint density at radius 3 is 2.41 bits per heavy atom. The number of carboxylic acids is 1. The van der Waals surface area contributed by atoms with E-state index in [1.165, 1.54) is 27.8 Å². The van der Waals surface area contributed by atoms with Gasteiger partial charge in [0.1, 0.15) is 0 Å². The van der Waals surface area contributed by atoms with Gasteiger partial charge in [0.25, 0.3) is 0 Å². The summed E-state index contributed by atoms with van der Waals surface area (Å²) in [6.45, 7) is 4.43. The van der Waals surface area contributed by atoms with Crippen LogP contribution in [0.15, 0.2) is 78.9 Å². The van der Waals surface area contributed by atoms with Crippen LogP contribution >= 0.6 is 0 Å². The fourth-order valence-electron chi connectivity index (χ4n) is 7.55. The molecule has 0 spiro atoms. The van der Waals surface area contributed by atoms with Gasteiger partial charge in [-0.3, -0.25) is 9.69 Å². The van der Waals surface area contributed by atoms with E-state index in [1.807, 2.05) is 6.07 Å². The monoisotopic (exact) mass is 423 g/mol. The molecule has 0 amide bonds. The van der Waals surface area contributed by atoms with Gasteiger partial charge in [0.05, 0.1) is 5.41 Å². The quantitative estimate of drug-likeness (QED) is 0.613. The van der Waals surface area contributed by atoms with Gasteiger partial charge < -0.3 is 5.11 Å². The topological polar surface area (TPSA) is 40.5 Å². The average molecular weight is 424 g/mol. The molecule has 2 bridgehead atoms. The Balaban J connectivity index is 1.56. The van der Waals surface area contributed by atoms with Crippen molar-refractivity contribution in [2.75, 3.05) is 13.1 Å². The first kappa shape index (κ1) is 19.8. The molecule has 1 saturated heterocycles. The summed E-state index contributed by atoms with van der Waals surface area (Å²) in [5, 5.41) is 10.8. The van der Waals surface area contributed by atoms with Crippen LogP contribution in [0.4, 0.5) is 0 Å². The van der Waals surface area contributed by atoms with Crippen molar-refractivity contribution in [1.29, 1.82) is 0 Å². The first-order valence-electron chi connectivity index (χ1n) is 11.7. The van der Waals surface area contributed by atoms with Crippen LogP contribution in [0, 0.1) is 18.3 Å². The standard InChI is InChI=1S/C29H29NO2/c1-20-9-5-7-13-23(20)28-16-15-25(22-12-6-8-14-24(22)28)29(27(31)32)19-30(18-26(28)29)17-21-10-3-2-4-11-21/h2-14,25-26H,15-19H2,1H3,(H,31,32). The zero-order valence-corrected chi connectivity index (χ0v) is 18.5. The fourth-order valence-corrected chi connectivity index (χ4v) is 7.55. The molecule has 32 heavy (non-hydrogen) atoms. The van der Waals surface area contributed by atoms with Gasteiger partial charge in [0.15, 0.2) is 0 Å². The van der Waals surface area contributed by atoms with Crippen LogP contribution in [0.25, 0.3) is 0 Å². The maximum Gasteiger partial charge on any atom is 0.311 e. The maximum atomic E-state index is 13.2. The van der Waals surface area contributed by atoms with Gasteiger partial charge >= 0.3 is 5.97 Å². The first-order valence-corrected chi connectivity index (χ1v) is 11.7. The third-order valence-electron chi connectivity index (χ3n) is 8.68. The van der Waals surface area contributed by atoms with Crippen LogP contribution in [-0.4, -0.2) is 29.1 Å². The number of carboxylic acid groups (broad SMARTS) is 1. The highest BCUT2D eigenvalue weighted by molar-refractivity contribution is 5.80. The maximum absolute atomic E-state index is 13.2. The van der Waals surface area contributed by atoms with Crippen molar-refractivity contribution in [2.45, 2.75) is 37.6 Å². The van der Waals surface area contributed by atoms with Gasteiger partial charge in [-0.1, -0.05) is 78.9 Å². The van der Waals surface area contributed by atoms with Gasteiger partial charge in [-0.05, 0) is 47.6 Å². The van der Waals surface area contributed by atoms with E-state index >= 15 is 0 Å². The molecule has 162 valence electrons. The lowest BCUT2D eigenvalue weighted by molar-refractivity contribution is -0.157. The van der Waals surface area contributed by atoms with Gasteiger partial charge in [0, 0.05) is 36.9 Å². The highest BCUT2D eigenvalue weighted by Crippen LogP contribution is 2.69. The molecule has 4 aliphatic rings. The van der Waals surface area contributed by atoms with Crippen LogP contribution in [0.5, 0.6) is 0 Å². The minimum atomic E-state index is -0.746. The number of aryl methyl sites for hydroxylation is 1. The number of rotatable bonds is 4. The second-order valence-corrected chi connectivity index (χ2v) is 10.0. The molecule has 3 aromatic carbocycles. The molecule has 0 aromatic heterocycles. The molecule has 3 aliphatic carbocycles. The molecule has 1 N–H and O–H groups in total. The number of fused-ring (bicyclic) bond motifs is 1. The van der Waals surface area contributed by atoms with E-state index in [1.54, 1.807) is 0 Å². The predicted octanol–water partition coefficient (Wildman–Crippen LogP) is 5.38. The van der Waals surface area contributed by atoms with Crippen molar-refractivity contribution < 1.29 is 9.90 Å². The van der Waals surface area contributed by atoms with E-state index in [9.17, 15) is 9.90 Å². The first-order chi connectivity index (χ1) is 15.6. The van der Waals surface area contributed by atoms with Crippen molar-refractivity contribution in [3.63, 3.8) is 0 Å². The predicted molar refractivity (Wildman–Crippen MR) is 126 cm³/mol. The van der Waals surface area contributed by atoms with Crippen LogP contribution in [0.1, 0.15) is 46.6 Å². The van der Waals surface area contributed by atoms with Crippen molar-refractivity contribution in [1.82, 2.24) is 4.90 Å². The molecule has 3 nitrogen and oxygen atoms in total. The molecule has 1 saturated carbocycles. The molecular formula is C29H29NO2. The number of hydrogen-bond acceptors (Lipinski definition) is 2. The molecule has 3 heteroatoms. The summed E-state index contributed by atoms with van der Waals surface area (Å²) in [6, 6.07) is 27.8. The summed E-state index contributed by atoms with van der Waals surface area (Å²) in [6.07, 6.45) is 1.96. The Kier molecular flexibility index (Phi) is 4.35. The largest absolute Gasteiger partial charge is 0.481 e. The molecule has 4 atom stereocenters. The van der Waals surface area contributed by atoms with E-state index in [-0.39, 0.29) is 17.3 Å². The van der Waals surface area contributed by atoms with E-state index in [2.05, 4.69) is 84.6 Å². The summed E-state index contributed by atoms with van der Waals surface area (Å²) in [7, 11) is 0. The smallest absolute Gasteiger partial charge is 0.311 e. The van der Waals surface area contributed by atoms with Gasteiger partial charge in [-0.2, -0.15) is 0 Å². The SMILES string of the molecule is Cc1ccccc1C12CCC(c3ccccc31)C1(C(=O)O)CN(Cc3ccccc3)CC21. The third-order valence-corrected chi connectivity index (χ3v) is 8.68. The van der Waals surface area contributed by atoms with Crippen LogP contribution in [-0.2, 0) is 16.8 Å². The summed E-state index contributed by atoms with van der Waals surface area (Å²) in [5.74, 6) is -0.478. The average Bonchev–Trinajstić information content (AvgIpc) is 3.22. The Labute approximate surface area is 189 Å². The van der Waals surface area contributed by atoms with Crippen molar-refractivity contribution >= 4 is 5.97 Å². The van der Waals surface area contributed by atoms with Gasteiger partial charge in [-0.15, -0.1) is 0 Å². The Bertz CT molecular complexity index is 1190. The zero-order valence-electron chi connectivity index (χ0n) is 18.5. The zero-order chi connectivity index (χ0) is 21.9. The number of nitrogens with zero attached hydrogens (tertiary/aromatic N) is 1. The second-order valence-electron chi connectivity index (χ2n) is 10.0. The number of carbonyl (C=O) groups is 1. The Morgan fingerprint density at radius 1 is 0.969 bits per heavy atom. The molecule has 0 radical (unpaired) electrons. The fraction of sp³-hybridized carbons (Fsp3) is 0.345. The van der Waals surface area contributed by atoms with Gasteiger partial charge in [-0.25, -0.2) is 0 Å². The number of benzene rings is 3. The van der Waals surface area contributed by atoms with Crippen molar-refractivity contribution in [3.05, 3.63) is 107 Å². The molecule has 1 heterocycles. The molecular weight excluding hydrogens is 394 g/mol. The van der Waals surface area contributed by atoms with Crippen LogP contribution < -0.4 is 0 Å².